The third kappa shape index (κ3) is 3.30. The first-order valence-electron chi connectivity index (χ1n) is 11.4. The highest BCUT2D eigenvalue weighted by atomic mass is 19.1. The number of ether oxygens (including phenoxy) is 1. The van der Waals surface area contributed by atoms with Crippen LogP contribution in [0.1, 0.15) is 41.6 Å². The van der Waals surface area contributed by atoms with Crippen molar-refractivity contribution in [1.29, 1.82) is 0 Å². The summed E-state index contributed by atoms with van der Waals surface area (Å²) >= 11 is 0. The fourth-order valence-corrected chi connectivity index (χ4v) is 5.37. The topological polar surface area (TPSA) is 51.5 Å². The molecule has 166 valence electrons. The van der Waals surface area contributed by atoms with E-state index in [0.717, 1.165) is 46.0 Å². The van der Waals surface area contributed by atoms with Gasteiger partial charge in [0.05, 0.1) is 5.92 Å². The summed E-state index contributed by atoms with van der Waals surface area (Å²) in [5.41, 5.74) is 6.03. The number of aliphatic carboxylic acids is 1. The first-order valence-corrected chi connectivity index (χ1v) is 11.4. The number of rotatable bonds is 5. The molecule has 1 aromatic heterocycles. The normalized spacial score (nSPS) is 21.2. The molecule has 0 spiro atoms. The lowest BCUT2D eigenvalue weighted by molar-refractivity contribution is -0.138. The number of carboxylic acid groups (broad SMARTS) is 1. The largest absolute Gasteiger partial charge is 0.486 e. The fraction of sp³-hybridized carbons (Fsp3) is 0.250. The van der Waals surface area contributed by atoms with Crippen LogP contribution in [-0.4, -0.2) is 15.6 Å². The van der Waals surface area contributed by atoms with Gasteiger partial charge in [-0.15, -0.1) is 0 Å². The van der Waals surface area contributed by atoms with Gasteiger partial charge in [0.15, 0.2) is 0 Å². The predicted molar refractivity (Wildman–Crippen MR) is 125 cm³/mol. The SMILES string of the molecule is Cn1ccc2c(-c3ccc(F)c4c3CC[C@H]4Oc3ccc(C4CC4C(=O)O)cc3)cccc21. The summed E-state index contributed by atoms with van der Waals surface area (Å²) in [5, 5.41) is 10.3. The van der Waals surface area contributed by atoms with Crippen molar-refractivity contribution in [3.8, 4) is 16.9 Å². The van der Waals surface area contributed by atoms with Crippen LogP contribution < -0.4 is 4.74 Å². The van der Waals surface area contributed by atoms with Gasteiger partial charge in [-0.05, 0) is 77.8 Å². The van der Waals surface area contributed by atoms with Gasteiger partial charge in [0.2, 0.25) is 0 Å². The summed E-state index contributed by atoms with van der Waals surface area (Å²) in [6.07, 6.45) is 3.88. The Hall–Kier alpha value is -3.60. The van der Waals surface area contributed by atoms with Gasteiger partial charge in [-0.3, -0.25) is 4.79 Å². The van der Waals surface area contributed by atoms with E-state index in [4.69, 9.17) is 9.84 Å². The van der Waals surface area contributed by atoms with E-state index in [1.54, 1.807) is 6.07 Å². The quantitative estimate of drug-likeness (QED) is 0.399. The number of halogens is 1. The number of carbonyl (C=O) groups is 1. The Labute approximate surface area is 191 Å². The van der Waals surface area contributed by atoms with Crippen LogP contribution in [-0.2, 0) is 18.3 Å². The zero-order chi connectivity index (χ0) is 22.7. The minimum Gasteiger partial charge on any atom is -0.486 e. The molecular weight excluding hydrogens is 417 g/mol. The van der Waals surface area contributed by atoms with E-state index in [1.165, 1.54) is 0 Å². The Bertz CT molecular complexity index is 1390. The van der Waals surface area contributed by atoms with Crippen LogP contribution in [0.4, 0.5) is 4.39 Å². The smallest absolute Gasteiger partial charge is 0.307 e. The van der Waals surface area contributed by atoms with E-state index in [2.05, 4.69) is 22.8 Å². The average Bonchev–Trinajstić information content (AvgIpc) is 3.39. The van der Waals surface area contributed by atoms with Crippen LogP contribution in [0.3, 0.4) is 0 Å². The van der Waals surface area contributed by atoms with Crippen LogP contribution in [0.5, 0.6) is 5.75 Å². The molecule has 1 fully saturated rings. The molecule has 0 saturated heterocycles. The molecule has 4 aromatic rings. The average molecular weight is 442 g/mol. The van der Waals surface area contributed by atoms with Crippen LogP contribution in [0, 0.1) is 11.7 Å². The second kappa shape index (κ2) is 7.48. The molecule has 0 bridgehead atoms. The number of hydrogen-bond donors (Lipinski definition) is 1. The van der Waals surface area contributed by atoms with Crippen molar-refractivity contribution in [3.05, 3.63) is 89.4 Å². The third-order valence-corrected chi connectivity index (χ3v) is 7.19. The minimum atomic E-state index is -0.736. The second-order valence-electron chi connectivity index (χ2n) is 9.15. The second-order valence-corrected chi connectivity index (χ2v) is 9.15. The van der Waals surface area contributed by atoms with E-state index in [1.807, 2.05) is 49.6 Å². The number of fused-ring (bicyclic) bond motifs is 2. The molecule has 1 N–H and O–H groups in total. The highest BCUT2D eigenvalue weighted by Crippen LogP contribution is 2.48. The Morgan fingerprint density at radius 3 is 2.64 bits per heavy atom. The van der Waals surface area contributed by atoms with E-state index in [0.29, 0.717) is 17.7 Å². The number of nitrogens with zero attached hydrogens (tertiary/aromatic N) is 1. The Balaban J connectivity index is 1.30. The van der Waals surface area contributed by atoms with Gasteiger partial charge in [0.1, 0.15) is 17.7 Å². The maximum atomic E-state index is 15.0. The molecule has 33 heavy (non-hydrogen) atoms. The third-order valence-electron chi connectivity index (χ3n) is 7.19. The van der Waals surface area contributed by atoms with Gasteiger partial charge in [0, 0.05) is 29.7 Å². The first kappa shape index (κ1) is 20.0. The number of benzene rings is 3. The van der Waals surface area contributed by atoms with Gasteiger partial charge >= 0.3 is 5.97 Å². The van der Waals surface area contributed by atoms with Crippen LogP contribution >= 0.6 is 0 Å². The molecule has 4 nitrogen and oxygen atoms in total. The molecule has 1 heterocycles. The van der Waals surface area contributed by atoms with E-state index in [-0.39, 0.29) is 23.8 Å². The molecule has 0 radical (unpaired) electrons. The van der Waals surface area contributed by atoms with Gasteiger partial charge < -0.3 is 14.4 Å². The Morgan fingerprint density at radius 1 is 1.06 bits per heavy atom. The highest BCUT2D eigenvalue weighted by molar-refractivity contribution is 5.96. The molecule has 5 heteroatoms. The lowest BCUT2D eigenvalue weighted by Gasteiger charge is -2.17. The summed E-state index contributed by atoms with van der Waals surface area (Å²) in [5.74, 6) is -0.473. The molecule has 1 saturated carbocycles. The highest BCUT2D eigenvalue weighted by Gasteiger charge is 2.44. The molecule has 2 aliphatic carbocycles. The molecule has 2 aliphatic rings. The van der Waals surface area contributed by atoms with Crippen molar-refractivity contribution in [2.45, 2.75) is 31.3 Å². The number of aryl methyl sites for hydroxylation is 1. The summed E-state index contributed by atoms with van der Waals surface area (Å²) in [6.45, 7) is 0. The zero-order valence-corrected chi connectivity index (χ0v) is 18.3. The van der Waals surface area contributed by atoms with Gasteiger partial charge in [-0.25, -0.2) is 4.39 Å². The summed E-state index contributed by atoms with van der Waals surface area (Å²) < 4.78 is 23.3. The molecular formula is C28H24FNO3. The Kier molecular flexibility index (Phi) is 4.54. The van der Waals surface area contributed by atoms with E-state index >= 15 is 4.39 Å². The van der Waals surface area contributed by atoms with E-state index in [9.17, 15) is 4.79 Å². The molecule has 0 aliphatic heterocycles. The van der Waals surface area contributed by atoms with Gasteiger partial charge in [-0.1, -0.05) is 30.3 Å². The summed E-state index contributed by atoms with van der Waals surface area (Å²) in [4.78, 5) is 11.1. The van der Waals surface area contributed by atoms with Crippen LogP contribution in [0.2, 0.25) is 0 Å². The maximum Gasteiger partial charge on any atom is 0.307 e. The Morgan fingerprint density at radius 2 is 1.88 bits per heavy atom. The molecule has 6 rings (SSSR count). The number of hydrogen-bond acceptors (Lipinski definition) is 2. The maximum absolute atomic E-state index is 15.0. The molecule has 3 aromatic carbocycles. The van der Waals surface area contributed by atoms with Crippen molar-refractivity contribution in [3.63, 3.8) is 0 Å². The first-order chi connectivity index (χ1) is 16.0. The van der Waals surface area contributed by atoms with Crippen molar-refractivity contribution < 1.29 is 19.0 Å². The lowest BCUT2D eigenvalue weighted by Crippen LogP contribution is -2.06. The van der Waals surface area contributed by atoms with E-state index < -0.39 is 5.97 Å². The van der Waals surface area contributed by atoms with Crippen LogP contribution in [0.25, 0.3) is 22.0 Å². The standard InChI is InChI=1S/C28H24FNO3/c1-30-14-13-20-18(3-2-4-25(20)30)19-9-11-24(29)27-21(19)10-12-26(27)33-17-7-5-16(6-8-17)22-15-23(22)28(31)32/h2-9,11,13-14,22-23,26H,10,12,15H2,1H3,(H,31,32)/t22?,23?,26-/m1/s1. The number of aromatic nitrogens is 1. The van der Waals surface area contributed by atoms with Crippen LogP contribution in [0.15, 0.2) is 66.9 Å². The van der Waals surface area contributed by atoms with Crippen molar-refractivity contribution in [2.75, 3.05) is 0 Å². The number of carboxylic acids is 1. The molecule has 2 unspecified atom stereocenters. The monoisotopic (exact) mass is 441 g/mol. The molecule has 3 atom stereocenters. The van der Waals surface area contributed by atoms with Crippen molar-refractivity contribution >= 4 is 16.9 Å². The summed E-state index contributed by atoms with van der Waals surface area (Å²) in [6, 6.07) is 19.4. The van der Waals surface area contributed by atoms with Gasteiger partial charge in [-0.2, -0.15) is 0 Å². The van der Waals surface area contributed by atoms with Crippen molar-refractivity contribution in [2.24, 2.45) is 13.0 Å². The summed E-state index contributed by atoms with van der Waals surface area (Å²) in [7, 11) is 2.03. The van der Waals surface area contributed by atoms with Gasteiger partial charge in [0.25, 0.3) is 0 Å². The molecule has 0 amide bonds. The fourth-order valence-electron chi connectivity index (χ4n) is 5.37. The lowest BCUT2D eigenvalue weighted by atomic mass is 9.94. The van der Waals surface area contributed by atoms with Crippen molar-refractivity contribution in [1.82, 2.24) is 4.57 Å². The predicted octanol–water partition coefficient (Wildman–Crippen LogP) is 6.24. The minimum absolute atomic E-state index is 0.0875. The zero-order valence-electron chi connectivity index (χ0n) is 18.3.